The third kappa shape index (κ3) is 4.30. The fourth-order valence-electron chi connectivity index (χ4n) is 4.09. The normalized spacial score (nSPS) is 23.9. The SMILES string of the molecule is CN(C)C(=O)N1CCN(S(=O)(=O)Cc2ccccc2)CC2(CC(=O)N(C)C2)C1. The molecule has 0 N–H and O–H groups in total. The van der Waals surface area contributed by atoms with Crippen LogP contribution in [0, 0.1) is 5.41 Å². The highest BCUT2D eigenvalue weighted by atomic mass is 32.2. The summed E-state index contributed by atoms with van der Waals surface area (Å²) in [7, 11) is 1.50. The lowest BCUT2D eigenvalue weighted by Crippen LogP contribution is -2.47. The second kappa shape index (κ2) is 7.71. The van der Waals surface area contributed by atoms with Gasteiger partial charge in [0.05, 0.1) is 5.75 Å². The summed E-state index contributed by atoms with van der Waals surface area (Å²) in [5.41, 5.74) is 0.138. The van der Waals surface area contributed by atoms with E-state index in [1.54, 1.807) is 43.1 Å². The van der Waals surface area contributed by atoms with Crippen LogP contribution < -0.4 is 0 Å². The lowest BCUT2D eigenvalue weighted by atomic mass is 9.86. The van der Waals surface area contributed by atoms with Gasteiger partial charge in [-0.25, -0.2) is 13.2 Å². The van der Waals surface area contributed by atoms with Crippen molar-refractivity contribution < 1.29 is 18.0 Å². The average Bonchev–Trinajstić information content (AvgIpc) is 2.79. The highest BCUT2D eigenvalue weighted by Crippen LogP contribution is 2.35. The molecular formula is C19H28N4O4S. The molecule has 0 aromatic heterocycles. The minimum absolute atomic E-state index is 0.0143. The van der Waals surface area contributed by atoms with E-state index in [0.29, 0.717) is 19.6 Å². The fourth-order valence-corrected chi connectivity index (χ4v) is 5.72. The Kier molecular flexibility index (Phi) is 5.67. The molecule has 1 aromatic carbocycles. The monoisotopic (exact) mass is 408 g/mol. The van der Waals surface area contributed by atoms with Crippen LogP contribution in [0.15, 0.2) is 30.3 Å². The third-order valence-electron chi connectivity index (χ3n) is 5.42. The zero-order valence-corrected chi connectivity index (χ0v) is 17.5. The van der Waals surface area contributed by atoms with Gasteiger partial charge < -0.3 is 14.7 Å². The maximum atomic E-state index is 13.1. The number of carbonyl (C=O) groups excluding carboxylic acids is 2. The van der Waals surface area contributed by atoms with Gasteiger partial charge in [0, 0.05) is 65.7 Å². The van der Waals surface area contributed by atoms with E-state index in [4.69, 9.17) is 0 Å². The lowest BCUT2D eigenvalue weighted by Gasteiger charge is -2.34. The van der Waals surface area contributed by atoms with E-state index >= 15 is 0 Å². The molecule has 1 aromatic rings. The van der Waals surface area contributed by atoms with Crippen LogP contribution in [0.5, 0.6) is 0 Å². The van der Waals surface area contributed by atoms with Crippen molar-refractivity contribution in [2.45, 2.75) is 12.2 Å². The maximum Gasteiger partial charge on any atom is 0.319 e. The summed E-state index contributed by atoms with van der Waals surface area (Å²) in [6.45, 7) is 1.60. The van der Waals surface area contributed by atoms with E-state index in [2.05, 4.69) is 0 Å². The smallest absolute Gasteiger partial charge is 0.319 e. The van der Waals surface area contributed by atoms with Crippen molar-refractivity contribution in [2.75, 3.05) is 53.9 Å². The quantitative estimate of drug-likeness (QED) is 0.736. The minimum Gasteiger partial charge on any atom is -0.345 e. The number of hydrogen-bond donors (Lipinski definition) is 0. The van der Waals surface area contributed by atoms with E-state index in [-0.39, 0.29) is 37.2 Å². The minimum atomic E-state index is -3.58. The molecule has 1 spiro atoms. The maximum absolute atomic E-state index is 13.1. The van der Waals surface area contributed by atoms with Crippen molar-refractivity contribution >= 4 is 22.0 Å². The summed E-state index contributed by atoms with van der Waals surface area (Å²) in [5, 5.41) is 0. The Morgan fingerprint density at radius 2 is 1.79 bits per heavy atom. The standard InChI is InChI=1S/C19H28N4O4S/c1-20(2)18(25)22-9-10-23(15-19(14-22)11-17(24)21(3)13-19)28(26,27)12-16-7-5-4-6-8-16/h4-8H,9-15H2,1-3H3. The van der Waals surface area contributed by atoms with Crippen LogP contribution in [0.25, 0.3) is 0 Å². The number of hydrogen-bond acceptors (Lipinski definition) is 4. The van der Waals surface area contributed by atoms with Crippen LogP contribution >= 0.6 is 0 Å². The molecule has 0 aliphatic carbocycles. The molecule has 2 aliphatic rings. The van der Waals surface area contributed by atoms with Crippen molar-refractivity contribution in [3.05, 3.63) is 35.9 Å². The van der Waals surface area contributed by atoms with Crippen molar-refractivity contribution in [1.82, 2.24) is 19.0 Å². The predicted molar refractivity (Wildman–Crippen MR) is 106 cm³/mol. The molecule has 1 atom stereocenters. The molecule has 9 heteroatoms. The zero-order chi connectivity index (χ0) is 20.5. The van der Waals surface area contributed by atoms with Gasteiger partial charge in [-0.15, -0.1) is 0 Å². The van der Waals surface area contributed by atoms with Crippen LogP contribution in [0.2, 0.25) is 0 Å². The summed E-state index contributed by atoms with van der Waals surface area (Å²) in [6, 6.07) is 8.90. The first-order valence-electron chi connectivity index (χ1n) is 9.34. The van der Waals surface area contributed by atoms with Gasteiger partial charge in [0.2, 0.25) is 15.9 Å². The number of rotatable bonds is 3. The Balaban J connectivity index is 1.88. The predicted octanol–water partition coefficient (Wildman–Crippen LogP) is 0.664. The molecule has 0 bridgehead atoms. The summed E-state index contributed by atoms with van der Waals surface area (Å²) < 4.78 is 27.7. The summed E-state index contributed by atoms with van der Waals surface area (Å²) in [5.74, 6) is -0.102. The fraction of sp³-hybridized carbons (Fsp3) is 0.579. The number of sulfonamides is 1. The van der Waals surface area contributed by atoms with Gasteiger partial charge in [0.25, 0.3) is 0 Å². The van der Waals surface area contributed by atoms with Gasteiger partial charge in [-0.3, -0.25) is 4.79 Å². The van der Waals surface area contributed by atoms with Gasteiger partial charge in [0.15, 0.2) is 0 Å². The first kappa shape index (κ1) is 20.6. The first-order valence-corrected chi connectivity index (χ1v) is 10.9. The van der Waals surface area contributed by atoms with Crippen molar-refractivity contribution in [3.8, 4) is 0 Å². The van der Waals surface area contributed by atoms with Crippen molar-refractivity contribution in [1.29, 1.82) is 0 Å². The highest BCUT2D eigenvalue weighted by Gasteiger charge is 2.48. The number of benzene rings is 1. The molecule has 8 nitrogen and oxygen atoms in total. The number of nitrogens with zero attached hydrogens (tertiary/aromatic N) is 4. The number of carbonyl (C=O) groups is 2. The molecule has 154 valence electrons. The van der Waals surface area contributed by atoms with Crippen LogP contribution in [0.4, 0.5) is 4.79 Å². The zero-order valence-electron chi connectivity index (χ0n) is 16.7. The Bertz CT molecular complexity index is 843. The van der Waals surface area contributed by atoms with Crippen LogP contribution in [-0.4, -0.2) is 93.2 Å². The summed E-state index contributed by atoms with van der Waals surface area (Å²) >= 11 is 0. The highest BCUT2D eigenvalue weighted by molar-refractivity contribution is 7.88. The molecule has 2 saturated heterocycles. The second-order valence-corrected chi connectivity index (χ2v) is 10.1. The third-order valence-corrected chi connectivity index (χ3v) is 7.22. The Labute approximate surface area is 166 Å². The number of urea groups is 1. The van der Waals surface area contributed by atoms with Gasteiger partial charge >= 0.3 is 6.03 Å². The van der Waals surface area contributed by atoms with Crippen LogP contribution in [-0.2, 0) is 20.6 Å². The topological polar surface area (TPSA) is 81.2 Å². The number of likely N-dealkylation sites (tertiary alicyclic amines) is 1. The molecule has 2 fully saturated rings. The van der Waals surface area contributed by atoms with Gasteiger partial charge in [-0.05, 0) is 5.56 Å². The van der Waals surface area contributed by atoms with Gasteiger partial charge in [0.1, 0.15) is 0 Å². The summed E-state index contributed by atoms with van der Waals surface area (Å²) in [6.07, 6.45) is 0.248. The molecule has 3 rings (SSSR count). The Morgan fingerprint density at radius 1 is 1.11 bits per heavy atom. The molecule has 2 heterocycles. The van der Waals surface area contributed by atoms with Crippen molar-refractivity contribution in [3.63, 3.8) is 0 Å². The van der Waals surface area contributed by atoms with E-state index in [1.807, 2.05) is 18.2 Å². The van der Waals surface area contributed by atoms with E-state index in [0.717, 1.165) is 5.56 Å². The van der Waals surface area contributed by atoms with E-state index < -0.39 is 15.4 Å². The molecular weight excluding hydrogens is 380 g/mol. The molecule has 3 amide bonds. The summed E-state index contributed by atoms with van der Waals surface area (Å²) in [4.78, 5) is 29.6. The van der Waals surface area contributed by atoms with Crippen LogP contribution in [0.3, 0.4) is 0 Å². The van der Waals surface area contributed by atoms with Crippen LogP contribution in [0.1, 0.15) is 12.0 Å². The van der Waals surface area contributed by atoms with Gasteiger partial charge in [-0.1, -0.05) is 30.3 Å². The average molecular weight is 409 g/mol. The molecule has 0 radical (unpaired) electrons. The van der Waals surface area contributed by atoms with Crippen molar-refractivity contribution in [2.24, 2.45) is 5.41 Å². The van der Waals surface area contributed by atoms with E-state index in [1.165, 1.54) is 9.21 Å². The number of amides is 3. The Morgan fingerprint density at radius 3 is 2.36 bits per heavy atom. The molecule has 28 heavy (non-hydrogen) atoms. The molecule has 1 unspecified atom stereocenters. The molecule has 2 aliphatic heterocycles. The van der Waals surface area contributed by atoms with E-state index in [9.17, 15) is 18.0 Å². The second-order valence-electron chi connectivity index (χ2n) is 8.10. The lowest BCUT2D eigenvalue weighted by molar-refractivity contribution is -0.126. The van der Waals surface area contributed by atoms with Gasteiger partial charge in [-0.2, -0.15) is 4.31 Å². The molecule has 0 saturated carbocycles. The largest absolute Gasteiger partial charge is 0.345 e. The Hall–Kier alpha value is -2.13. The first-order chi connectivity index (χ1) is 13.1.